The number of rotatable bonds is 4. The topological polar surface area (TPSA) is 53.6 Å². The number of nitrogens with one attached hydrogen (secondary N) is 2. The summed E-state index contributed by atoms with van der Waals surface area (Å²) in [5, 5.41) is 5.68. The molecule has 0 bridgehead atoms. The number of halogens is 3. The fourth-order valence-electron chi connectivity index (χ4n) is 3.32. The number of hydrogen-bond donors (Lipinski definition) is 2. The summed E-state index contributed by atoms with van der Waals surface area (Å²) >= 11 is 0. The van der Waals surface area contributed by atoms with Crippen LogP contribution in [0.15, 0.2) is 48.5 Å². The molecule has 1 atom stereocenters. The van der Waals surface area contributed by atoms with E-state index >= 15 is 0 Å². The molecule has 1 saturated heterocycles. The SMILES string of the molecule is CN1CCCC(NC(=O)Nc2cccc(-c3ccccc3OC(F)(F)F)c2)C1. The molecule has 150 valence electrons. The van der Waals surface area contributed by atoms with Gasteiger partial charge < -0.3 is 20.3 Å². The Bertz CT molecular complexity index is 826. The average molecular weight is 393 g/mol. The number of ether oxygens (including phenoxy) is 1. The summed E-state index contributed by atoms with van der Waals surface area (Å²) in [5.41, 5.74) is 1.29. The average Bonchev–Trinajstić information content (AvgIpc) is 2.61. The minimum absolute atomic E-state index is 0.0721. The van der Waals surface area contributed by atoms with E-state index in [9.17, 15) is 18.0 Å². The normalized spacial score (nSPS) is 17.8. The third-order valence-electron chi connectivity index (χ3n) is 4.50. The number of likely N-dealkylation sites (tertiary alicyclic amines) is 1. The van der Waals surface area contributed by atoms with Gasteiger partial charge >= 0.3 is 12.4 Å². The zero-order chi connectivity index (χ0) is 20.1. The van der Waals surface area contributed by atoms with Crippen LogP contribution in [0.2, 0.25) is 0 Å². The highest BCUT2D eigenvalue weighted by atomic mass is 19.4. The minimum Gasteiger partial charge on any atom is -0.405 e. The summed E-state index contributed by atoms with van der Waals surface area (Å²) in [6.45, 7) is 1.80. The lowest BCUT2D eigenvalue weighted by atomic mass is 10.0. The first-order chi connectivity index (χ1) is 13.3. The van der Waals surface area contributed by atoms with Crippen LogP contribution in [0, 0.1) is 0 Å². The predicted molar refractivity (Wildman–Crippen MR) is 101 cm³/mol. The Morgan fingerprint density at radius 2 is 1.96 bits per heavy atom. The number of benzene rings is 2. The van der Waals surface area contributed by atoms with Gasteiger partial charge in [-0.25, -0.2) is 4.79 Å². The van der Waals surface area contributed by atoms with E-state index in [0.717, 1.165) is 25.9 Å². The van der Waals surface area contributed by atoms with Crippen molar-refractivity contribution in [3.63, 3.8) is 0 Å². The zero-order valence-corrected chi connectivity index (χ0v) is 15.4. The lowest BCUT2D eigenvalue weighted by Gasteiger charge is -2.30. The van der Waals surface area contributed by atoms with E-state index < -0.39 is 6.36 Å². The molecular weight excluding hydrogens is 371 g/mol. The van der Waals surface area contributed by atoms with Crippen LogP contribution in [0.4, 0.5) is 23.7 Å². The number of piperidine rings is 1. The van der Waals surface area contributed by atoms with Crippen molar-refractivity contribution in [3.8, 4) is 16.9 Å². The van der Waals surface area contributed by atoms with E-state index in [1.165, 1.54) is 18.2 Å². The van der Waals surface area contributed by atoms with E-state index in [1.807, 2.05) is 7.05 Å². The van der Waals surface area contributed by atoms with E-state index in [0.29, 0.717) is 11.3 Å². The first-order valence-electron chi connectivity index (χ1n) is 9.01. The summed E-state index contributed by atoms with van der Waals surface area (Å²) in [5.74, 6) is -0.290. The third kappa shape index (κ3) is 5.63. The Kier molecular flexibility index (Phi) is 6.08. The van der Waals surface area contributed by atoms with Crippen molar-refractivity contribution < 1.29 is 22.7 Å². The highest BCUT2D eigenvalue weighted by molar-refractivity contribution is 5.90. The molecule has 1 aliphatic rings. The number of para-hydroxylation sites is 1. The first-order valence-corrected chi connectivity index (χ1v) is 9.01. The molecule has 0 aromatic heterocycles. The zero-order valence-electron chi connectivity index (χ0n) is 15.4. The van der Waals surface area contributed by atoms with E-state index in [2.05, 4.69) is 20.3 Å². The van der Waals surface area contributed by atoms with Gasteiger partial charge in [0.25, 0.3) is 0 Å². The molecule has 5 nitrogen and oxygen atoms in total. The van der Waals surface area contributed by atoms with Crippen molar-refractivity contribution in [3.05, 3.63) is 48.5 Å². The second-order valence-corrected chi connectivity index (χ2v) is 6.82. The summed E-state index contributed by atoms with van der Waals surface area (Å²) in [6.07, 6.45) is -2.84. The lowest BCUT2D eigenvalue weighted by Crippen LogP contribution is -2.47. The second kappa shape index (κ2) is 8.52. The van der Waals surface area contributed by atoms with Crippen molar-refractivity contribution in [2.24, 2.45) is 0 Å². The quantitative estimate of drug-likeness (QED) is 0.806. The summed E-state index contributed by atoms with van der Waals surface area (Å²) in [6, 6.07) is 12.3. The van der Waals surface area contributed by atoms with Crippen LogP contribution in [-0.4, -0.2) is 43.5 Å². The molecule has 1 aliphatic heterocycles. The Balaban J connectivity index is 1.72. The monoisotopic (exact) mass is 393 g/mol. The number of hydrogen-bond acceptors (Lipinski definition) is 3. The van der Waals surface area contributed by atoms with Crippen molar-refractivity contribution in [1.29, 1.82) is 0 Å². The van der Waals surface area contributed by atoms with Gasteiger partial charge in [-0.2, -0.15) is 0 Å². The molecule has 0 saturated carbocycles. The van der Waals surface area contributed by atoms with Gasteiger partial charge in [0.1, 0.15) is 5.75 Å². The number of anilines is 1. The van der Waals surface area contributed by atoms with Crippen LogP contribution < -0.4 is 15.4 Å². The molecule has 28 heavy (non-hydrogen) atoms. The summed E-state index contributed by atoms with van der Waals surface area (Å²) in [4.78, 5) is 14.4. The lowest BCUT2D eigenvalue weighted by molar-refractivity contribution is -0.274. The molecule has 2 aromatic rings. The number of carbonyl (C=O) groups is 1. The molecule has 3 rings (SSSR count). The van der Waals surface area contributed by atoms with Gasteiger partial charge in [0.15, 0.2) is 0 Å². The maximum Gasteiger partial charge on any atom is 0.573 e. The molecule has 2 amide bonds. The van der Waals surface area contributed by atoms with Gasteiger partial charge in [0.05, 0.1) is 0 Å². The molecule has 0 radical (unpaired) electrons. The Morgan fingerprint density at radius 3 is 2.71 bits per heavy atom. The van der Waals surface area contributed by atoms with Crippen molar-refractivity contribution in [2.45, 2.75) is 25.2 Å². The second-order valence-electron chi connectivity index (χ2n) is 6.82. The number of amides is 2. The number of carbonyl (C=O) groups excluding carboxylic acids is 1. The van der Waals surface area contributed by atoms with E-state index in [4.69, 9.17) is 0 Å². The van der Waals surface area contributed by atoms with Gasteiger partial charge in [-0.3, -0.25) is 0 Å². The van der Waals surface area contributed by atoms with Gasteiger partial charge in [0, 0.05) is 23.8 Å². The predicted octanol–water partition coefficient (Wildman–Crippen LogP) is 4.47. The smallest absolute Gasteiger partial charge is 0.405 e. The highest BCUT2D eigenvalue weighted by Gasteiger charge is 2.32. The van der Waals surface area contributed by atoms with Crippen LogP contribution in [-0.2, 0) is 0 Å². The molecule has 0 spiro atoms. The molecular formula is C20H22F3N3O2. The Hall–Kier alpha value is -2.74. The maximum absolute atomic E-state index is 12.6. The largest absolute Gasteiger partial charge is 0.573 e. The summed E-state index contributed by atoms with van der Waals surface area (Å²) in [7, 11) is 2.01. The van der Waals surface area contributed by atoms with Crippen molar-refractivity contribution in [1.82, 2.24) is 10.2 Å². The molecule has 2 aromatic carbocycles. The van der Waals surface area contributed by atoms with Crippen molar-refractivity contribution in [2.75, 3.05) is 25.5 Å². The minimum atomic E-state index is -4.78. The molecule has 2 N–H and O–H groups in total. The van der Waals surface area contributed by atoms with Crippen LogP contribution >= 0.6 is 0 Å². The van der Waals surface area contributed by atoms with Crippen molar-refractivity contribution >= 4 is 11.7 Å². The Labute approximate surface area is 161 Å². The molecule has 0 aliphatic carbocycles. The molecule has 8 heteroatoms. The fourth-order valence-corrected chi connectivity index (χ4v) is 3.32. The molecule has 1 heterocycles. The van der Waals surface area contributed by atoms with E-state index in [1.54, 1.807) is 30.3 Å². The highest BCUT2D eigenvalue weighted by Crippen LogP contribution is 2.34. The number of alkyl halides is 3. The number of nitrogens with zero attached hydrogens (tertiary/aromatic N) is 1. The third-order valence-corrected chi connectivity index (χ3v) is 4.50. The molecule has 1 unspecified atom stereocenters. The fraction of sp³-hybridized carbons (Fsp3) is 0.350. The van der Waals surface area contributed by atoms with Crippen LogP contribution in [0.5, 0.6) is 5.75 Å². The van der Waals surface area contributed by atoms with Gasteiger partial charge in [-0.05, 0) is 50.2 Å². The van der Waals surface area contributed by atoms with E-state index in [-0.39, 0.29) is 23.4 Å². The standard InChI is InChI=1S/C20H22F3N3O2/c1-26-11-5-8-16(13-26)25-19(27)24-15-7-4-6-14(12-15)17-9-2-3-10-18(17)28-20(21,22)23/h2-4,6-7,9-10,12,16H,5,8,11,13H2,1H3,(H2,24,25,27). The van der Waals surface area contributed by atoms with Gasteiger partial charge in [0.2, 0.25) is 0 Å². The van der Waals surface area contributed by atoms with Gasteiger partial charge in [-0.15, -0.1) is 13.2 Å². The number of likely N-dealkylation sites (N-methyl/N-ethyl adjacent to an activating group) is 1. The summed E-state index contributed by atoms with van der Waals surface area (Å²) < 4.78 is 42.1. The van der Waals surface area contributed by atoms with Crippen LogP contribution in [0.1, 0.15) is 12.8 Å². The van der Waals surface area contributed by atoms with Gasteiger partial charge in [-0.1, -0.05) is 30.3 Å². The van der Waals surface area contributed by atoms with Crippen LogP contribution in [0.25, 0.3) is 11.1 Å². The first kappa shape index (κ1) is 20.0. The Morgan fingerprint density at radius 1 is 1.18 bits per heavy atom. The van der Waals surface area contributed by atoms with Crippen LogP contribution in [0.3, 0.4) is 0 Å². The maximum atomic E-state index is 12.6. The number of urea groups is 1. The molecule has 1 fully saturated rings.